The molecule has 27 heavy (non-hydrogen) atoms. The van der Waals surface area contributed by atoms with Crippen LogP contribution in [0.25, 0.3) is 11.1 Å². The van der Waals surface area contributed by atoms with Crippen LogP contribution in [0.3, 0.4) is 0 Å². The second-order valence-corrected chi connectivity index (χ2v) is 7.19. The van der Waals surface area contributed by atoms with E-state index >= 15 is 0 Å². The molecule has 0 fully saturated rings. The summed E-state index contributed by atoms with van der Waals surface area (Å²) in [6.45, 7) is 3.58. The van der Waals surface area contributed by atoms with E-state index in [0.29, 0.717) is 5.57 Å². The van der Waals surface area contributed by atoms with Crippen LogP contribution in [0.2, 0.25) is 0 Å². The number of rotatable bonds is 5. The van der Waals surface area contributed by atoms with Gasteiger partial charge in [0.15, 0.2) is 0 Å². The summed E-state index contributed by atoms with van der Waals surface area (Å²) in [6.07, 6.45) is 12.3. The molecule has 0 amide bonds. The molecular formula is C24H25F3. The van der Waals surface area contributed by atoms with Crippen molar-refractivity contribution < 1.29 is 13.2 Å². The van der Waals surface area contributed by atoms with Crippen molar-refractivity contribution in [1.29, 1.82) is 0 Å². The Hall–Kier alpha value is -2.29. The second-order valence-electron chi connectivity index (χ2n) is 7.19. The molecule has 2 aliphatic rings. The normalized spacial score (nSPS) is 20.6. The minimum Gasteiger partial charge on any atom is -0.242 e. The van der Waals surface area contributed by atoms with E-state index in [4.69, 9.17) is 0 Å². The van der Waals surface area contributed by atoms with Crippen molar-refractivity contribution in [2.45, 2.75) is 52.1 Å². The Balaban J connectivity index is 1.81. The minimum atomic E-state index is -1.39. The first kappa shape index (κ1) is 19.5. The quantitative estimate of drug-likeness (QED) is 0.499. The van der Waals surface area contributed by atoms with Crippen molar-refractivity contribution in [3.8, 4) is 0 Å². The lowest BCUT2D eigenvalue weighted by molar-refractivity contribution is 0.375. The number of alkyl halides is 1. The largest absolute Gasteiger partial charge is 0.242 e. The summed E-state index contributed by atoms with van der Waals surface area (Å²) in [5.41, 5.74) is 3.91. The van der Waals surface area contributed by atoms with E-state index in [2.05, 4.69) is 25.2 Å². The highest BCUT2D eigenvalue weighted by Crippen LogP contribution is 2.35. The SMILES string of the molecule is CCC/C=C/C1=CC=C(c2ccc(C3=CC(F)=C(C)C(F)C3)c(F)c2)CC1. The summed E-state index contributed by atoms with van der Waals surface area (Å²) in [4.78, 5) is 0. The smallest absolute Gasteiger partial charge is 0.131 e. The van der Waals surface area contributed by atoms with Crippen molar-refractivity contribution in [3.63, 3.8) is 0 Å². The molecule has 1 aromatic carbocycles. The Labute approximate surface area is 159 Å². The zero-order valence-electron chi connectivity index (χ0n) is 15.9. The van der Waals surface area contributed by atoms with Crippen LogP contribution in [0.5, 0.6) is 0 Å². The van der Waals surface area contributed by atoms with E-state index in [0.717, 1.165) is 36.8 Å². The molecule has 0 N–H and O–H groups in total. The van der Waals surface area contributed by atoms with Crippen LogP contribution in [0.1, 0.15) is 57.1 Å². The predicted molar refractivity (Wildman–Crippen MR) is 107 cm³/mol. The van der Waals surface area contributed by atoms with Crippen molar-refractivity contribution in [1.82, 2.24) is 0 Å². The topological polar surface area (TPSA) is 0 Å². The molecular weight excluding hydrogens is 345 g/mol. The first-order valence-electron chi connectivity index (χ1n) is 9.57. The molecule has 142 valence electrons. The summed E-state index contributed by atoms with van der Waals surface area (Å²) >= 11 is 0. The molecule has 0 aliphatic heterocycles. The molecule has 0 aromatic heterocycles. The van der Waals surface area contributed by atoms with Gasteiger partial charge in [0.2, 0.25) is 0 Å². The Bertz CT molecular complexity index is 866. The number of benzene rings is 1. The van der Waals surface area contributed by atoms with E-state index in [1.165, 1.54) is 24.6 Å². The standard InChI is InChI=1S/C24H25F3/c1-3-4-5-6-17-7-9-18(10-8-17)19-11-12-21(24(27)13-19)20-14-22(25)16(2)23(26)15-20/h5-7,9,11-14,23H,3-4,8,10,15H2,1-2H3/b6-5+. The highest BCUT2D eigenvalue weighted by atomic mass is 19.1. The van der Waals surface area contributed by atoms with Gasteiger partial charge < -0.3 is 0 Å². The van der Waals surface area contributed by atoms with Gasteiger partial charge in [-0.3, -0.25) is 0 Å². The molecule has 2 aliphatic carbocycles. The van der Waals surface area contributed by atoms with Gasteiger partial charge in [0.25, 0.3) is 0 Å². The first-order valence-corrected chi connectivity index (χ1v) is 9.57. The molecule has 1 unspecified atom stereocenters. The maximum absolute atomic E-state index is 14.7. The van der Waals surface area contributed by atoms with Crippen LogP contribution in [-0.2, 0) is 0 Å². The number of hydrogen-bond acceptors (Lipinski definition) is 0. The van der Waals surface area contributed by atoms with Crippen LogP contribution in [0, 0.1) is 5.82 Å². The van der Waals surface area contributed by atoms with Crippen molar-refractivity contribution in [2.24, 2.45) is 0 Å². The van der Waals surface area contributed by atoms with Gasteiger partial charge in [-0.25, -0.2) is 13.2 Å². The third-order valence-corrected chi connectivity index (χ3v) is 5.20. The summed E-state index contributed by atoms with van der Waals surface area (Å²) < 4.78 is 42.4. The summed E-state index contributed by atoms with van der Waals surface area (Å²) in [6, 6.07) is 4.95. The van der Waals surface area contributed by atoms with E-state index in [-0.39, 0.29) is 17.6 Å². The van der Waals surface area contributed by atoms with Gasteiger partial charge in [0, 0.05) is 12.0 Å². The number of halogens is 3. The lowest BCUT2D eigenvalue weighted by atomic mass is 9.89. The Morgan fingerprint density at radius 3 is 2.56 bits per heavy atom. The van der Waals surface area contributed by atoms with Crippen LogP contribution >= 0.6 is 0 Å². The lowest BCUT2D eigenvalue weighted by Crippen LogP contribution is -2.10. The van der Waals surface area contributed by atoms with Crippen molar-refractivity contribution in [2.75, 3.05) is 0 Å². The monoisotopic (exact) mass is 370 g/mol. The zero-order valence-corrected chi connectivity index (χ0v) is 15.9. The predicted octanol–water partition coefficient (Wildman–Crippen LogP) is 7.65. The second kappa shape index (κ2) is 8.60. The van der Waals surface area contributed by atoms with E-state index in [1.807, 2.05) is 12.1 Å². The molecule has 0 spiro atoms. The lowest BCUT2D eigenvalue weighted by Gasteiger charge is -2.19. The molecule has 3 rings (SSSR count). The van der Waals surface area contributed by atoms with Crippen LogP contribution in [0.4, 0.5) is 13.2 Å². The molecule has 0 radical (unpaired) electrons. The molecule has 0 saturated carbocycles. The van der Waals surface area contributed by atoms with Gasteiger partial charge in [0.1, 0.15) is 17.8 Å². The average Bonchev–Trinajstić information content (AvgIpc) is 2.66. The molecule has 0 bridgehead atoms. The fourth-order valence-electron chi connectivity index (χ4n) is 3.42. The zero-order chi connectivity index (χ0) is 19.4. The van der Waals surface area contributed by atoms with Crippen LogP contribution in [-0.4, -0.2) is 6.17 Å². The molecule has 0 heterocycles. The molecule has 3 heteroatoms. The Morgan fingerprint density at radius 1 is 1.11 bits per heavy atom. The molecule has 0 nitrogen and oxygen atoms in total. The van der Waals surface area contributed by atoms with Gasteiger partial charge >= 0.3 is 0 Å². The van der Waals surface area contributed by atoms with Gasteiger partial charge in [-0.05, 0) is 66.2 Å². The molecule has 0 saturated heterocycles. The van der Waals surface area contributed by atoms with Crippen molar-refractivity contribution >= 4 is 11.1 Å². The van der Waals surface area contributed by atoms with Gasteiger partial charge in [-0.2, -0.15) is 0 Å². The highest BCUT2D eigenvalue weighted by molar-refractivity contribution is 5.74. The van der Waals surface area contributed by atoms with Crippen molar-refractivity contribution in [3.05, 3.63) is 82.5 Å². The summed E-state index contributed by atoms with van der Waals surface area (Å²) in [5, 5.41) is 0. The van der Waals surface area contributed by atoms with Crippen LogP contribution < -0.4 is 0 Å². The highest BCUT2D eigenvalue weighted by Gasteiger charge is 2.23. The number of unbranched alkanes of at least 4 members (excludes halogenated alkanes) is 1. The van der Waals surface area contributed by atoms with Gasteiger partial charge in [-0.15, -0.1) is 0 Å². The Kier molecular flexibility index (Phi) is 6.20. The van der Waals surface area contributed by atoms with E-state index in [9.17, 15) is 13.2 Å². The minimum absolute atomic E-state index is 0.00834. The fraction of sp³-hybridized carbons (Fsp3) is 0.333. The Morgan fingerprint density at radius 2 is 1.93 bits per heavy atom. The summed E-state index contributed by atoms with van der Waals surface area (Å²) in [5.74, 6) is -1.03. The third kappa shape index (κ3) is 4.52. The molecule has 1 atom stereocenters. The summed E-state index contributed by atoms with van der Waals surface area (Å²) in [7, 11) is 0. The maximum atomic E-state index is 14.7. The number of allylic oxidation sites excluding steroid dienone is 10. The van der Waals surface area contributed by atoms with Gasteiger partial charge in [-0.1, -0.05) is 49.8 Å². The fourth-order valence-corrected chi connectivity index (χ4v) is 3.42. The first-order chi connectivity index (χ1) is 13.0. The molecule has 1 aromatic rings. The average molecular weight is 370 g/mol. The maximum Gasteiger partial charge on any atom is 0.131 e. The van der Waals surface area contributed by atoms with E-state index in [1.54, 1.807) is 6.07 Å². The third-order valence-electron chi connectivity index (χ3n) is 5.20. The van der Waals surface area contributed by atoms with E-state index < -0.39 is 17.8 Å². The number of hydrogen-bond donors (Lipinski definition) is 0. The van der Waals surface area contributed by atoms with Crippen LogP contribution in [0.15, 0.2) is 65.6 Å². The van der Waals surface area contributed by atoms with Gasteiger partial charge in [0.05, 0.1) is 0 Å².